The maximum Gasteiger partial charge on any atom is 0.230 e. The number of anilines is 2. The Hall–Kier alpha value is -2.27. The van der Waals surface area contributed by atoms with E-state index in [2.05, 4.69) is 42.9 Å². The highest BCUT2D eigenvalue weighted by Gasteiger charge is 2.11. The van der Waals surface area contributed by atoms with E-state index in [4.69, 9.17) is 9.52 Å². The van der Waals surface area contributed by atoms with Gasteiger partial charge in [0.25, 0.3) is 0 Å². The van der Waals surface area contributed by atoms with Crippen LogP contribution in [0.1, 0.15) is 5.56 Å². The smallest absolute Gasteiger partial charge is 0.230 e. The van der Waals surface area contributed by atoms with Crippen molar-refractivity contribution in [3.8, 4) is 17.1 Å². The van der Waals surface area contributed by atoms with Crippen molar-refractivity contribution in [2.24, 2.45) is 0 Å². The van der Waals surface area contributed by atoms with Gasteiger partial charge in [-0.05, 0) is 58.5 Å². The van der Waals surface area contributed by atoms with Gasteiger partial charge in [0.15, 0.2) is 5.82 Å². The summed E-state index contributed by atoms with van der Waals surface area (Å²) in [6.07, 6.45) is 2.87. The standard InChI is InChI=1S/C18H18IN5O2S/c1-26-16-9-13(19)6-7-15(16)17-21-11-22-18(24-17)23-14-5-3-4-12(8-14)10-27(2,20)25/h3-9,11,20H,10H2,1-2H3,(H,21,22,23,24). The molecular formula is C18H18IN5O2S. The summed E-state index contributed by atoms with van der Waals surface area (Å²) >= 11 is 2.22. The van der Waals surface area contributed by atoms with E-state index in [9.17, 15) is 4.21 Å². The molecule has 0 aliphatic carbocycles. The molecule has 0 radical (unpaired) electrons. The van der Waals surface area contributed by atoms with Crippen molar-refractivity contribution in [1.82, 2.24) is 15.0 Å². The average molecular weight is 495 g/mol. The van der Waals surface area contributed by atoms with Gasteiger partial charge >= 0.3 is 0 Å². The lowest BCUT2D eigenvalue weighted by Gasteiger charge is -2.10. The first-order valence-corrected chi connectivity index (χ1v) is 11.2. The maximum atomic E-state index is 11.7. The lowest BCUT2D eigenvalue weighted by molar-refractivity contribution is 0.416. The number of halogens is 1. The van der Waals surface area contributed by atoms with E-state index in [0.29, 0.717) is 17.5 Å². The van der Waals surface area contributed by atoms with E-state index in [1.165, 1.54) is 12.6 Å². The predicted octanol–water partition coefficient (Wildman–Crippen LogP) is 4.07. The van der Waals surface area contributed by atoms with Crippen molar-refractivity contribution in [2.75, 3.05) is 18.7 Å². The van der Waals surface area contributed by atoms with Crippen molar-refractivity contribution in [2.45, 2.75) is 5.75 Å². The van der Waals surface area contributed by atoms with Gasteiger partial charge in [-0.25, -0.2) is 14.2 Å². The van der Waals surface area contributed by atoms with Gasteiger partial charge in [-0.1, -0.05) is 12.1 Å². The maximum absolute atomic E-state index is 11.7. The number of ether oxygens (including phenoxy) is 1. The molecule has 3 aromatic rings. The monoisotopic (exact) mass is 495 g/mol. The van der Waals surface area contributed by atoms with E-state index in [1.54, 1.807) is 7.11 Å². The lowest BCUT2D eigenvalue weighted by Crippen LogP contribution is -2.02. The van der Waals surface area contributed by atoms with Crippen LogP contribution in [0.4, 0.5) is 11.6 Å². The van der Waals surface area contributed by atoms with E-state index >= 15 is 0 Å². The van der Waals surface area contributed by atoms with Crippen LogP contribution in [0.2, 0.25) is 0 Å². The molecule has 0 saturated heterocycles. The van der Waals surface area contributed by atoms with Crippen LogP contribution in [0.5, 0.6) is 5.75 Å². The topological polar surface area (TPSA) is 101 Å². The highest BCUT2D eigenvalue weighted by molar-refractivity contribution is 14.1. The van der Waals surface area contributed by atoms with Crippen molar-refractivity contribution in [3.05, 3.63) is 57.9 Å². The molecule has 0 amide bonds. The van der Waals surface area contributed by atoms with Gasteiger partial charge in [0.1, 0.15) is 12.1 Å². The molecular weight excluding hydrogens is 477 g/mol. The fourth-order valence-corrected chi connectivity index (χ4v) is 3.80. The fraction of sp³-hybridized carbons (Fsp3) is 0.167. The zero-order valence-electron chi connectivity index (χ0n) is 14.8. The second kappa shape index (κ2) is 8.17. The van der Waals surface area contributed by atoms with E-state index in [1.807, 2.05) is 42.5 Å². The number of benzene rings is 2. The SMILES string of the molecule is COc1cc(I)ccc1-c1ncnc(Nc2cccc(CS(C)(=N)=O)c2)n1. The summed E-state index contributed by atoms with van der Waals surface area (Å²) in [6, 6.07) is 13.2. The number of rotatable bonds is 6. The third-order valence-corrected chi connectivity index (χ3v) is 5.16. The van der Waals surface area contributed by atoms with E-state index in [0.717, 1.165) is 20.4 Å². The van der Waals surface area contributed by atoms with Crippen molar-refractivity contribution in [3.63, 3.8) is 0 Å². The second-order valence-corrected chi connectivity index (χ2v) is 9.50. The number of aromatic nitrogens is 3. The summed E-state index contributed by atoms with van der Waals surface area (Å²) in [6.45, 7) is 0. The van der Waals surface area contributed by atoms with Crippen molar-refractivity contribution in [1.29, 1.82) is 4.78 Å². The molecule has 0 aliphatic heterocycles. The Morgan fingerprint density at radius 2 is 2.04 bits per heavy atom. The van der Waals surface area contributed by atoms with Crippen LogP contribution in [0, 0.1) is 8.35 Å². The first-order valence-electron chi connectivity index (χ1n) is 7.94. The van der Waals surface area contributed by atoms with Gasteiger partial charge in [-0.3, -0.25) is 4.78 Å². The fourth-order valence-electron chi connectivity index (χ4n) is 2.52. The molecule has 1 unspecified atom stereocenters. The largest absolute Gasteiger partial charge is 0.496 e. The van der Waals surface area contributed by atoms with Gasteiger partial charge in [-0.15, -0.1) is 0 Å². The van der Waals surface area contributed by atoms with E-state index < -0.39 is 9.73 Å². The van der Waals surface area contributed by atoms with Gasteiger partial charge in [0, 0.05) is 25.2 Å². The molecule has 2 N–H and O–H groups in total. The highest BCUT2D eigenvalue weighted by atomic mass is 127. The Balaban J connectivity index is 1.88. The van der Waals surface area contributed by atoms with Crippen LogP contribution in [-0.4, -0.2) is 32.5 Å². The first kappa shape index (κ1) is 19.5. The molecule has 27 heavy (non-hydrogen) atoms. The zero-order chi connectivity index (χ0) is 19.4. The van der Waals surface area contributed by atoms with Gasteiger partial charge in [0.2, 0.25) is 5.95 Å². The zero-order valence-corrected chi connectivity index (χ0v) is 17.7. The van der Waals surface area contributed by atoms with Crippen LogP contribution in [0.25, 0.3) is 11.4 Å². The minimum atomic E-state index is -2.60. The number of hydrogen-bond donors (Lipinski definition) is 2. The van der Waals surface area contributed by atoms with Crippen molar-refractivity contribution < 1.29 is 8.95 Å². The molecule has 0 fully saturated rings. The number of nitrogens with zero attached hydrogens (tertiary/aromatic N) is 3. The minimum absolute atomic E-state index is 0.199. The van der Waals surface area contributed by atoms with Gasteiger partial charge in [-0.2, -0.15) is 4.98 Å². The Bertz CT molecular complexity index is 1070. The van der Waals surface area contributed by atoms with Crippen molar-refractivity contribution >= 4 is 44.0 Å². The average Bonchev–Trinajstić information content (AvgIpc) is 2.60. The summed E-state index contributed by atoms with van der Waals surface area (Å²) in [4.78, 5) is 12.9. The number of hydrogen-bond acceptors (Lipinski definition) is 7. The molecule has 0 aliphatic rings. The molecule has 0 spiro atoms. The highest BCUT2D eigenvalue weighted by Crippen LogP contribution is 2.29. The molecule has 9 heteroatoms. The molecule has 0 bridgehead atoms. The van der Waals surface area contributed by atoms with Crippen LogP contribution in [-0.2, 0) is 15.5 Å². The van der Waals surface area contributed by atoms with Crippen LogP contribution in [0.3, 0.4) is 0 Å². The molecule has 1 heterocycles. The Morgan fingerprint density at radius 3 is 2.78 bits per heavy atom. The second-order valence-electron chi connectivity index (χ2n) is 5.95. The quantitative estimate of drug-likeness (QED) is 0.500. The summed E-state index contributed by atoms with van der Waals surface area (Å²) in [5.74, 6) is 1.78. The van der Waals surface area contributed by atoms with E-state index in [-0.39, 0.29) is 5.75 Å². The number of nitrogens with one attached hydrogen (secondary N) is 2. The molecule has 0 saturated carbocycles. The van der Waals surface area contributed by atoms with Gasteiger partial charge < -0.3 is 10.1 Å². The summed E-state index contributed by atoms with van der Waals surface area (Å²) in [5.41, 5.74) is 2.34. The molecule has 3 rings (SSSR count). The van der Waals surface area contributed by atoms with Crippen LogP contribution >= 0.6 is 22.6 Å². The third kappa shape index (κ3) is 5.36. The lowest BCUT2D eigenvalue weighted by atomic mass is 10.2. The first-order chi connectivity index (χ1) is 12.8. The Kier molecular flexibility index (Phi) is 5.90. The van der Waals surface area contributed by atoms with Crippen LogP contribution in [0.15, 0.2) is 48.8 Å². The van der Waals surface area contributed by atoms with Crippen LogP contribution < -0.4 is 10.1 Å². The number of methoxy groups -OCH3 is 1. The molecule has 1 aromatic heterocycles. The summed E-state index contributed by atoms with van der Waals surface area (Å²) in [5, 5.41) is 3.13. The Labute approximate surface area is 171 Å². The molecule has 7 nitrogen and oxygen atoms in total. The minimum Gasteiger partial charge on any atom is -0.496 e. The molecule has 1 atom stereocenters. The molecule has 2 aromatic carbocycles. The summed E-state index contributed by atoms with van der Waals surface area (Å²) < 4.78 is 25.8. The Morgan fingerprint density at radius 1 is 1.22 bits per heavy atom. The summed E-state index contributed by atoms with van der Waals surface area (Å²) in [7, 11) is -0.994. The van der Waals surface area contributed by atoms with Gasteiger partial charge in [0.05, 0.1) is 18.4 Å². The molecule has 140 valence electrons. The third-order valence-electron chi connectivity index (χ3n) is 3.60. The normalized spacial score (nSPS) is 13.0. The predicted molar refractivity (Wildman–Crippen MR) is 115 cm³/mol.